The third kappa shape index (κ3) is 2.19. The minimum atomic E-state index is -0.782. The van der Waals surface area contributed by atoms with Crippen molar-refractivity contribution in [3.63, 3.8) is 0 Å². The van der Waals surface area contributed by atoms with Crippen LogP contribution in [-0.2, 0) is 7.05 Å². The maximum atomic E-state index is 13.7. The molecule has 0 unspecified atom stereocenters. The number of hydrogen-bond acceptors (Lipinski definition) is 4. The van der Waals surface area contributed by atoms with Gasteiger partial charge in [-0.2, -0.15) is 5.26 Å². The van der Waals surface area contributed by atoms with Gasteiger partial charge >= 0.3 is 0 Å². The van der Waals surface area contributed by atoms with Crippen LogP contribution in [0.3, 0.4) is 0 Å². The highest BCUT2D eigenvalue weighted by Gasteiger charge is 2.25. The lowest BCUT2D eigenvalue weighted by Gasteiger charge is -2.12. The number of nitriles is 1. The molecule has 0 saturated heterocycles. The molecule has 0 bridgehead atoms. The first-order valence-electron chi connectivity index (χ1n) is 6.02. The van der Waals surface area contributed by atoms with Crippen molar-refractivity contribution in [3.05, 3.63) is 62.7 Å². The molecule has 2 rings (SSSR count). The van der Waals surface area contributed by atoms with E-state index in [0.717, 1.165) is 10.6 Å². The summed E-state index contributed by atoms with van der Waals surface area (Å²) in [7, 11) is 1.23. The Labute approximate surface area is 119 Å². The third-order valence-electron chi connectivity index (χ3n) is 3.27. The van der Waals surface area contributed by atoms with Gasteiger partial charge in [-0.05, 0) is 24.6 Å². The van der Waals surface area contributed by atoms with Crippen LogP contribution in [0, 0.1) is 24.1 Å². The molecule has 0 radical (unpaired) electrons. The molecule has 106 valence electrons. The molecule has 1 N–H and O–H groups in total. The Kier molecular flexibility index (Phi) is 3.59. The first-order valence-corrected chi connectivity index (χ1v) is 6.02. The van der Waals surface area contributed by atoms with Gasteiger partial charge in [-0.1, -0.05) is 12.1 Å². The Hall–Kier alpha value is -2.94. The van der Waals surface area contributed by atoms with Crippen LogP contribution in [0.4, 0.5) is 4.39 Å². The van der Waals surface area contributed by atoms with Gasteiger partial charge in [0.2, 0.25) is 11.7 Å². The van der Waals surface area contributed by atoms with Gasteiger partial charge in [0.15, 0.2) is 0 Å². The van der Waals surface area contributed by atoms with Crippen LogP contribution >= 0.6 is 0 Å². The first-order chi connectivity index (χ1) is 9.90. The summed E-state index contributed by atoms with van der Waals surface area (Å²) in [5.74, 6) is -2.12. The van der Waals surface area contributed by atoms with Gasteiger partial charge in [-0.15, -0.1) is 0 Å². The number of ketones is 1. The van der Waals surface area contributed by atoms with E-state index in [1.165, 1.54) is 32.2 Å². The summed E-state index contributed by atoms with van der Waals surface area (Å²) < 4.78 is 14.5. The van der Waals surface area contributed by atoms with Gasteiger partial charge in [0.05, 0.1) is 11.1 Å². The van der Waals surface area contributed by atoms with Crippen molar-refractivity contribution in [3.8, 4) is 11.9 Å². The largest absolute Gasteiger partial charge is 0.494 e. The lowest BCUT2D eigenvalue weighted by atomic mass is 9.97. The molecule has 21 heavy (non-hydrogen) atoms. The van der Waals surface area contributed by atoms with E-state index in [1.807, 2.05) is 0 Å². The van der Waals surface area contributed by atoms with Crippen LogP contribution in [0.15, 0.2) is 29.1 Å². The number of nitrogens with zero attached hydrogens (tertiary/aromatic N) is 2. The van der Waals surface area contributed by atoms with Crippen LogP contribution in [0.2, 0.25) is 0 Å². The van der Waals surface area contributed by atoms with E-state index >= 15 is 0 Å². The molecular weight excluding hydrogens is 275 g/mol. The molecular formula is C15H11FN2O3. The van der Waals surface area contributed by atoms with E-state index in [9.17, 15) is 19.1 Å². The molecule has 5 nitrogen and oxygen atoms in total. The van der Waals surface area contributed by atoms with E-state index in [-0.39, 0.29) is 22.3 Å². The van der Waals surface area contributed by atoms with E-state index in [4.69, 9.17) is 5.26 Å². The monoisotopic (exact) mass is 286 g/mol. The van der Waals surface area contributed by atoms with Crippen molar-refractivity contribution in [1.29, 1.82) is 5.26 Å². The van der Waals surface area contributed by atoms with Gasteiger partial charge < -0.3 is 5.11 Å². The number of benzene rings is 1. The van der Waals surface area contributed by atoms with Crippen molar-refractivity contribution < 1.29 is 14.3 Å². The second-order valence-corrected chi connectivity index (χ2v) is 4.48. The molecule has 0 aliphatic carbocycles. The zero-order valence-corrected chi connectivity index (χ0v) is 11.3. The summed E-state index contributed by atoms with van der Waals surface area (Å²) >= 11 is 0. The third-order valence-corrected chi connectivity index (χ3v) is 3.27. The zero-order chi connectivity index (χ0) is 15.7. The average molecular weight is 286 g/mol. The molecule has 1 aromatic heterocycles. The predicted octanol–water partition coefficient (Wildman–Crippen LogP) is 1.64. The molecule has 0 fully saturated rings. The van der Waals surface area contributed by atoms with E-state index < -0.39 is 23.0 Å². The van der Waals surface area contributed by atoms with Gasteiger partial charge in [0, 0.05) is 7.05 Å². The molecule has 1 aromatic carbocycles. The van der Waals surface area contributed by atoms with E-state index in [1.54, 1.807) is 6.07 Å². The number of hydrogen-bond donors (Lipinski definition) is 1. The Morgan fingerprint density at radius 1 is 1.38 bits per heavy atom. The topological polar surface area (TPSA) is 83.1 Å². The molecule has 0 saturated carbocycles. The number of rotatable bonds is 2. The number of aromatic hydroxyl groups is 1. The summed E-state index contributed by atoms with van der Waals surface area (Å²) in [5, 5.41) is 19.0. The van der Waals surface area contributed by atoms with Crippen molar-refractivity contribution >= 4 is 5.78 Å². The van der Waals surface area contributed by atoms with Crippen molar-refractivity contribution in [2.45, 2.75) is 6.92 Å². The molecule has 6 heteroatoms. The van der Waals surface area contributed by atoms with E-state index in [0.29, 0.717) is 0 Å². The summed E-state index contributed by atoms with van der Waals surface area (Å²) in [6.07, 6.45) is 0. The highest BCUT2D eigenvalue weighted by atomic mass is 19.1. The summed E-state index contributed by atoms with van der Waals surface area (Å²) in [6.45, 7) is 1.37. The lowest BCUT2D eigenvalue weighted by Crippen LogP contribution is -2.24. The van der Waals surface area contributed by atoms with Crippen molar-refractivity contribution in [2.24, 2.45) is 7.05 Å². The van der Waals surface area contributed by atoms with E-state index in [2.05, 4.69) is 0 Å². The van der Waals surface area contributed by atoms with Crippen LogP contribution in [0.5, 0.6) is 5.88 Å². The van der Waals surface area contributed by atoms with Gasteiger partial charge in [-0.25, -0.2) is 4.39 Å². The Bertz CT molecular complexity index is 847. The Balaban J connectivity index is 2.80. The van der Waals surface area contributed by atoms with Crippen molar-refractivity contribution in [1.82, 2.24) is 4.57 Å². The summed E-state index contributed by atoms with van der Waals surface area (Å²) in [5.41, 5.74) is -1.42. The highest BCUT2D eigenvalue weighted by Crippen LogP contribution is 2.24. The number of pyridine rings is 1. The smallest absolute Gasteiger partial charge is 0.271 e. The molecule has 0 spiro atoms. The van der Waals surface area contributed by atoms with Crippen LogP contribution in [0.1, 0.15) is 27.0 Å². The molecule has 0 atom stereocenters. The summed E-state index contributed by atoms with van der Waals surface area (Å²) in [6, 6.07) is 7.00. The van der Waals surface area contributed by atoms with Crippen LogP contribution < -0.4 is 5.56 Å². The summed E-state index contributed by atoms with van der Waals surface area (Å²) in [4.78, 5) is 24.2. The van der Waals surface area contributed by atoms with Crippen molar-refractivity contribution in [2.75, 3.05) is 0 Å². The fourth-order valence-corrected chi connectivity index (χ4v) is 2.07. The second kappa shape index (κ2) is 5.21. The average Bonchev–Trinajstić information content (AvgIpc) is 2.46. The highest BCUT2D eigenvalue weighted by molar-refractivity contribution is 6.11. The maximum absolute atomic E-state index is 13.7. The minimum Gasteiger partial charge on any atom is -0.494 e. The fourth-order valence-electron chi connectivity index (χ4n) is 2.07. The number of carbonyl (C=O) groups excluding carboxylic acids is 1. The van der Waals surface area contributed by atoms with Gasteiger partial charge in [-0.3, -0.25) is 14.2 Å². The van der Waals surface area contributed by atoms with Gasteiger partial charge in [0.1, 0.15) is 17.4 Å². The first kappa shape index (κ1) is 14.5. The predicted molar refractivity (Wildman–Crippen MR) is 72.6 cm³/mol. The fraction of sp³-hybridized carbons (Fsp3) is 0.133. The molecule has 0 aliphatic heterocycles. The maximum Gasteiger partial charge on any atom is 0.271 e. The SMILES string of the molecule is Cc1c(C(=O)c2ccccc2F)c(O)n(C)c(=O)c1C#N. The normalized spacial score (nSPS) is 10.2. The Morgan fingerprint density at radius 2 is 2.00 bits per heavy atom. The minimum absolute atomic E-state index is 0.0337. The Morgan fingerprint density at radius 3 is 2.57 bits per heavy atom. The molecule has 0 aliphatic rings. The van der Waals surface area contributed by atoms with Crippen LogP contribution in [-0.4, -0.2) is 15.5 Å². The standard InChI is InChI=1S/C15H11FN2O3/c1-8-10(7-17)14(20)18(2)15(21)12(8)13(19)9-5-3-4-6-11(9)16/h3-6,21H,1-2H3. The quantitative estimate of drug-likeness (QED) is 0.851. The van der Waals surface area contributed by atoms with Gasteiger partial charge in [0.25, 0.3) is 5.56 Å². The number of carbonyl (C=O) groups is 1. The second-order valence-electron chi connectivity index (χ2n) is 4.48. The number of halogens is 1. The zero-order valence-electron chi connectivity index (χ0n) is 11.3. The lowest BCUT2D eigenvalue weighted by molar-refractivity contribution is 0.103. The molecule has 2 aromatic rings. The molecule has 0 amide bonds. The molecule has 1 heterocycles. The number of aromatic nitrogens is 1. The van der Waals surface area contributed by atoms with Crippen LogP contribution in [0.25, 0.3) is 0 Å².